The molecule has 0 fully saturated rings. The molecule has 0 saturated heterocycles. The summed E-state index contributed by atoms with van der Waals surface area (Å²) in [5.74, 6) is 0. The zero-order valence-electron chi connectivity index (χ0n) is 15.8. The Labute approximate surface area is 183 Å². The van der Waals surface area contributed by atoms with Crippen LogP contribution in [-0.2, 0) is 0 Å². The molecule has 0 radical (unpaired) electrons. The Kier molecular flexibility index (Phi) is 6.04. The molecule has 0 aliphatic rings. The van der Waals surface area contributed by atoms with E-state index in [4.69, 9.17) is 22.2 Å². The number of nitrogens with one attached hydrogen (secondary N) is 1. The second-order valence-electron chi connectivity index (χ2n) is 6.91. The van der Waals surface area contributed by atoms with Crippen LogP contribution in [0.1, 0.15) is 0 Å². The lowest BCUT2D eigenvalue weighted by molar-refractivity contribution is 1.46. The van der Waals surface area contributed by atoms with Crippen LogP contribution in [0.15, 0.2) is 121 Å². The van der Waals surface area contributed by atoms with Crippen LogP contribution in [0.25, 0.3) is 0 Å². The molecule has 0 amide bonds. The summed E-state index contributed by atoms with van der Waals surface area (Å²) in [7, 11) is -5.70. The first-order valence-corrected chi connectivity index (χ1v) is 15.5. The Bertz CT molecular complexity index is 879. The van der Waals surface area contributed by atoms with E-state index in [1.165, 1.54) is 0 Å². The summed E-state index contributed by atoms with van der Waals surface area (Å²) in [6.45, 7) is 0. The minimum Gasteiger partial charge on any atom is -0.321 e. The van der Waals surface area contributed by atoms with Gasteiger partial charge in [0, 0.05) is 0 Å². The van der Waals surface area contributed by atoms with Crippen LogP contribution in [0, 0.1) is 0 Å². The fourth-order valence-electron chi connectivity index (χ4n) is 3.53. The van der Waals surface area contributed by atoms with Crippen molar-refractivity contribution < 1.29 is 0 Å². The van der Waals surface area contributed by atoms with E-state index in [0.29, 0.717) is 0 Å². The topological polar surface area (TPSA) is 12.0 Å². The van der Waals surface area contributed by atoms with Gasteiger partial charge in [-0.05, 0) is 20.7 Å². The molecule has 0 aromatic heterocycles. The Balaban J connectivity index is 1.91. The summed E-state index contributed by atoms with van der Waals surface area (Å²) in [6, 6.07) is 41.1. The standard InChI is InChI=1S/C24H21Cl2NSi2/c25-28(21-13-5-1-6-14-21,22-15-7-2-8-16-22)27-29(26,23-17-9-3-10-18-23)24-19-11-4-12-20-24/h1-20,27H. The smallest absolute Gasteiger partial charge is 0.284 e. The minimum absolute atomic E-state index is 1.09. The lowest BCUT2D eigenvalue weighted by Crippen LogP contribution is -2.78. The van der Waals surface area contributed by atoms with Crippen molar-refractivity contribution in [1.82, 2.24) is 4.65 Å². The molecule has 0 atom stereocenters. The first-order valence-electron chi connectivity index (χ1n) is 9.52. The van der Waals surface area contributed by atoms with Gasteiger partial charge in [-0.2, -0.15) is 0 Å². The van der Waals surface area contributed by atoms with Crippen LogP contribution in [-0.4, -0.2) is 15.1 Å². The molecule has 144 valence electrons. The Morgan fingerprint density at radius 3 is 0.793 bits per heavy atom. The summed E-state index contributed by atoms with van der Waals surface area (Å²) in [6.07, 6.45) is 0. The lowest BCUT2D eigenvalue weighted by Gasteiger charge is -2.36. The van der Waals surface area contributed by atoms with Crippen LogP contribution in [0.4, 0.5) is 0 Å². The van der Waals surface area contributed by atoms with Gasteiger partial charge >= 0.3 is 0 Å². The van der Waals surface area contributed by atoms with E-state index in [2.05, 4.69) is 53.2 Å². The van der Waals surface area contributed by atoms with Crippen LogP contribution in [0.3, 0.4) is 0 Å². The molecule has 0 heterocycles. The lowest BCUT2D eigenvalue weighted by atomic mass is 10.4. The molecule has 4 rings (SSSR count). The molecule has 1 nitrogen and oxygen atoms in total. The maximum atomic E-state index is 7.55. The van der Waals surface area contributed by atoms with E-state index in [0.717, 1.165) is 20.7 Å². The molecule has 0 bridgehead atoms. The van der Waals surface area contributed by atoms with Crippen molar-refractivity contribution in [2.75, 3.05) is 0 Å². The average Bonchev–Trinajstić information content (AvgIpc) is 2.81. The summed E-state index contributed by atoms with van der Waals surface area (Å²) in [5.41, 5.74) is 0. The van der Waals surface area contributed by atoms with Gasteiger partial charge in [-0.15, -0.1) is 22.2 Å². The Morgan fingerprint density at radius 1 is 0.379 bits per heavy atom. The molecule has 1 N–H and O–H groups in total. The maximum absolute atomic E-state index is 7.55. The van der Waals surface area contributed by atoms with Crippen molar-refractivity contribution in [2.45, 2.75) is 0 Å². The third kappa shape index (κ3) is 4.11. The van der Waals surface area contributed by atoms with Crippen molar-refractivity contribution >= 4 is 58.0 Å². The van der Waals surface area contributed by atoms with Gasteiger partial charge < -0.3 is 4.65 Å². The molecule has 5 heteroatoms. The summed E-state index contributed by atoms with van der Waals surface area (Å²) >= 11 is 15.1. The van der Waals surface area contributed by atoms with Crippen molar-refractivity contribution in [2.24, 2.45) is 0 Å². The van der Waals surface area contributed by atoms with Crippen LogP contribution < -0.4 is 25.4 Å². The Hall–Kier alpha value is -2.15. The molecule has 0 aliphatic heterocycles. The van der Waals surface area contributed by atoms with Gasteiger partial charge in [0.1, 0.15) is 0 Å². The van der Waals surface area contributed by atoms with Gasteiger partial charge in [0.2, 0.25) is 0 Å². The largest absolute Gasteiger partial charge is 0.321 e. The molecule has 0 aliphatic carbocycles. The summed E-state index contributed by atoms with van der Waals surface area (Å²) in [5, 5.41) is 4.38. The normalized spacial score (nSPS) is 11.9. The van der Waals surface area contributed by atoms with Crippen LogP contribution in [0.5, 0.6) is 0 Å². The zero-order valence-corrected chi connectivity index (χ0v) is 19.3. The van der Waals surface area contributed by atoms with Gasteiger partial charge in [-0.25, -0.2) is 0 Å². The number of hydrogen-bond donors (Lipinski definition) is 1. The predicted molar refractivity (Wildman–Crippen MR) is 131 cm³/mol. The van der Waals surface area contributed by atoms with Gasteiger partial charge in [0.15, 0.2) is 0 Å². The second kappa shape index (κ2) is 8.70. The van der Waals surface area contributed by atoms with Gasteiger partial charge in [-0.1, -0.05) is 121 Å². The van der Waals surface area contributed by atoms with E-state index in [9.17, 15) is 0 Å². The summed E-state index contributed by atoms with van der Waals surface area (Å²) < 4.78 is 3.88. The maximum Gasteiger partial charge on any atom is 0.284 e. The Morgan fingerprint density at radius 2 is 0.586 bits per heavy atom. The highest BCUT2D eigenvalue weighted by Gasteiger charge is 2.47. The van der Waals surface area contributed by atoms with Gasteiger partial charge in [0.25, 0.3) is 15.1 Å². The van der Waals surface area contributed by atoms with E-state index < -0.39 is 15.1 Å². The number of rotatable bonds is 6. The molecule has 4 aromatic rings. The highest BCUT2D eigenvalue weighted by atomic mass is 35.6. The number of hydrogen-bond acceptors (Lipinski definition) is 1. The first-order chi connectivity index (χ1) is 14.1. The third-order valence-electron chi connectivity index (χ3n) is 5.03. The van der Waals surface area contributed by atoms with E-state index >= 15 is 0 Å². The summed E-state index contributed by atoms with van der Waals surface area (Å²) in [4.78, 5) is 0. The highest BCUT2D eigenvalue weighted by Crippen LogP contribution is 2.16. The van der Waals surface area contributed by atoms with Crippen LogP contribution >= 0.6 is 22.2 Å². The van der Waals surface area contributed by atoms with Gasteiger partial charge in [-0.3, -0.25) is 0 Å². The molecule has 0 saturated carbocycles. The molecule has 0 unspecified atom stereocenters. The van der Waals surface area contributed by atoms with Crippen molar-refractivity contribution in [3.8, 4) is 0 Å². The van der Waals surface area contributed by atoms with Crippen molar-refractivity contribution in [3.63, 3.8) is 0 Å². The van der Waals surface area contributed by atoms with E-state index in [-0.39, 0.29) is 0 Å². The highest BCUT2D eigenvalue weighted by molar-refractivity contribution is 7.43. The number of benzene rings is 4. The SMILES string of the molecule is Cl[Si](N[Si](Cl)(c1ccccc1)c1ccccc1)(c1ccccc1)c1ccccc1. The van der Waals surface area contributed by atoms with Gasteiger partial charge in [0.05, 0.1) is 0 Å². The average molecular weight is 451 g/mol. The molecule has 0 spiro atoms. The fourth-order valence-corrected chi connectivity index (χ4v) is 15.5. The van der Waals surface area contributed by atoms with E-state index in [1.54, 1.807) is 0 Å². The second-order valence-corrected chi connectivity index (χ2v) is 16.3. The zero-order chi connectivity index (χ0) is 20.2. The first kappa shape index (κ1) is 20.1. The predicted octanol–water partition coefficient (Wildman–Crippen LogP) is 3.57. The molecule has 29 heavy (non-hydrogen) atoms. The van der Waals surface area contributed by atoms with Crippen LogP contribution in [0.2, 0.25) is 0 Å². The minimum atomic E-state index is -2.85. The molecule has 4 aromatic carbocycles. The monoisotopic (exact) mass is 449 g/mol. The van der Waals surface area contributed by atoms with E-state index in [1.807, 2.05) is 72.8 Å². The third-order valence-corrected chi connectivity index (χ3v) is 16.6. The quantitative estimate of drug-likeness (QED) is 0.350. The van der Waals surface area contributed by atoms with Crippen molar-refractivity contribution in [1.29, 1.82) is 0 Å². The molecular weight excluding hydrogens is 429 g/mol. The van der Waals surface area contributed by atoms with Crippen molar-refractivity contribution in [3.05, 3.63) is 121 Å². The fraction of sp³-hybridized carbons (Fsp3) is 0. The molecular formula is C24H21Cl2NSi2. The number of halogens is 2.